The van der Waals surface area contributed by atoms with Crippen LogP contribution in [0.5, 0.6) is 17.2 Å². The number of anilines is 2. The topological polar surface area (TPSA) is 94.9 Å². The molecule has 1 aromatic heterocycles. The van der Waals surface area contributed by atoms with E-state index in [9.17, 15) is 9.59 Å². The molecular formula is C20H26N4O5. The summed E-state index contributed by atoms with van der Waals surface area (Å²) < 4.78 is 17.8. The van der Waals surface area contributed by atoms with E-state index < -0.39 is 5.92 Å². The molecule has 9 heteroatoms. The van der Waals surface area contributed by atoms with Crippen LogP contribution in [0.2, 0.25) is 0 Å². The summed E-state index contributed by atoms with van der Waals surface area (Å²) in [6.45, 7) is 4.22. The second-order valence-electron chi connectivity index (χ2n) is 7.03. The van der Waals surface area contributed by atoms with E-state index in [0.717, 1.165) is 0 Å². The second kappa shape index (κ2) is 8.42. The number of amides is 2. The van der Waals surface area contributed by atoms with Crippen LogP contribution in [-0.4, -0.2) is 49.5 Å². The number of methoxy groups -OCH3 is 3. The van der Waals surface area contributed by atoms with Gasteiger partial charge in [0.15, 0.2) is 11.5 Å². The maximum atomic E-state index is 12.8. The van der Waals surface area contributed by atoms with Crippen molar-refractivity contribution in [2.24, 2.45) is 5.92 Å². The van der Waals surface area contributed by atoms with E-state index in [1.807, 2.05) is 13.8 Å². The van der Waals surface area contributed by atoms with E-state index in [1.165, 1.54) is 21.3 Å². The van der Waals surface area contributed by atoms with Gasteiger partial charge in [-0.05, 0) is 13.8 Å². The van der Waals surface area contributed by atoms with E-state index >= 15 is 0 Å². The molecule has 2 heterocycles. The third-order valence-electron chi connectivity index (χ3n) is 4.87. The largest absolute Gasteiger partial charge is 0.493 e. The zero-order valence-electron chi connectivity index (χ0n) is 17.3. The van der Waals surface area contributed by atoms with Gasteiger partial charge in [-0.15, -0.1) is 0 Å². The lowest BCUT2D eigenvalue weighted by Crippen LogP contribution is -2.29. The summed E-state index contributed by atoms with van der Waals surface area (Å²) in [4.78, 5) is 27.0. The van der Waals surface area contributed by atoms with Gasteiger partial charge in [0.05, 0.1) is 39.1 Å². The van der Waals surface area contributed by atoms with Crippen molar-refractivity contribution in [3.8, 4) is 17.2 Å². The third-order valence-corrected chi connectivity index (χ3v) is 4.87. The molecule has 1 saturated heterocycles. The standard InChI is InChI=1S/C20H26N4O5/c1-12(2)24-17(6-7-21-24)22-20(26)13-8-18(25)23(11-13)14-9-15(27-3)19(29-5)16(10-14)28-4/h6-7,9-10,12-13H,8,11H2,1-5H3,(H,22,26). The summed E-state index contributed by atoms with van der Waals surface area (Å²) in [7, 11) is 4.55. The van der Waals surface area contributed by atoms with Gasteiger partial charge in [-0.25, -0.2) is 4.68 Å². The lowest BCUT2D eigenvalue weighted by atomic mass is 10.1. The van der Waals surface area contributed by atoms with Crippen molar-refractivity contribution < 1.29 is 23.8 Å². The van der Waals surface area contributed by atoms with Crippen LogP contribution in [0.15, 0.2) is 24.4 Å². The van der Waals surface area contributed by atoms with Crippen LogP contribution in [0, 0.1) is 5.92 Å². The molecule has 29 heavy (non-hydrogen) atoms. The Kier molecular flexibility index (Phi) is 5.95. The Morgan fingerprint density at radius 3 is 2.38 bits per heavy atom. The lowest BCUT2D eigenvalue weighted by Gasteiger charge is -2.20. The predicted octanol–water partition coefficient (Wildman–Crippen LogP) is 2.48. The minimum Gasteiger partial charge on any atom is -0.493 e. The Bertz CT molecular complexity index is 883. The summed E-state index contributed by atoms with van der Waals surface area (Å²) in [6, 6.07) is 5.26. The number of benzene rings is 1. The van der Waals surface area contributed by atoms with E-state index in [4.69, 9.17) is 14.2 Å². The van der Waals surface area contributed by atoms with Crippen LogP contribution < -0.4 is 24.4 Å². The highest BCUT2D eigenvalue weighted by Gasteiger charge is 2.36. The van der Waals surface area contributed by atoms with E-state index in [-0.39, 0.29) is 30.8 Å². The van der Waals surface area contributed by atoms with Gasteiger partial charge in [0.1, 0.15) is 5.82 Å². The molecule has 1 fully saturated rings. The Morgan fingerprint density at radius 2 is 1.83 bits per heavy atom. The van der Waals surface area contributed by atoms with Crippen LogP contribution in [-0.2, 0) is 9.59 Å². The van der Waals surface area contributed by atoms with Crippen LogP contribution in [0.25, 0.3) is 0 Å². The molecule has 0 saturated carbocycles. The fraction of sp³-hybridized carbons (Fsp3) is 0.450. The van der Waals surface area contributed by atoms with Gasteiger partial charge in [-0.2, -0.15) is 5.10 Å². The Hall–Kier alpha value is -3.23. The van der Waals surface area contributed by atoms with Gasteiger partial charge < -0.3 is 24.4 Å². The number of ether oxygens (including phenoxy) is 3. The highest BCUT2D eigenvalue weighted by Crippen LogP contribution is 2.42. The molecule has 0 aliphatic carbocycles. The first kappa shape index (κ1) is 20.5. The van der Waals surface area contributed by atoms with Gasteiger partial charge in [0.25, 0.3) is 0 Å². The van der Waals surface area contributed by atoms with Crippen molar-refractivity contribution in [1.29, 1.82) is 0 Å². The minimum atomic E-state index is -0.475. The lowest BCUT2D eigenvalue weighted by molar-refractivity contribution is -0.122. The molecule has 0 bridgehead atoms. The van der Waals surface area contributed by atoms with Crippen LogP contribution >= 0.6 is 0 Å². The highest BCUT2D eigenvalue weighted by molar-refractivity contribution is 6.03. The van der Waals surface area contributed by atoms with Crippen molar-refractivity contribution in [2.45, 2.75) is 26.3 Å². The van der Waals surface area contributed by atoms with Crippen molar-refractivity contribution in [3.05, 3.63) is 24.4 Å². The van der Waals surface area contributed by atoms with Gasteiger partial charge in [-0.3, -0.25) is 9.59 Å². The average molecular weight is 402 g/mol. The Morgan fingerprint density at radius 1 is 1.17 bits per heavy atom. The molecule has 0 spiro atoms. The number of nitrogens with one attached hydrogen (secondary N) is 1. The molecule has 0 radical (unpaired) electrons. The molecule has 1 aromatic carbocycles. The van der Waals surface area contributed by atoms with Crippen molar-refractivity contribution >= 4 is 23.3 Å². The smallest absolute Gasteiger partial charge is 0.230 e. The summed E-state index contributed by atoms with van der Waals surface area (Å²) in [6.07, 6.45) is 1.76. The van der Waals surface area contributed by atoms with Crippen LogP contribution in [0.3, 0.4) is 0 Å². The zero-order valence-corrected chi connectivity index (χ0v) is 17.3. The molecule has 1 aliphatic rings. The zero-order chi connectivity index (χ0) is 21.1. The fourth-order valence-corrected chi connectivity index (χ4v) is 3.41. The number of hydrogen-bond donors (Lipinski definition) is 1. The Labute approximate surface area is 169 Å². The number of carbonyl (C=O) groups is 2. The average Bonchev–Trinajstić information content (AvgIpc) is 3.33. The molecule has 3 rings (SSSR count). The van der Waals surface area contributed by atoms with E-state index in [1.54, 1.807) is 34.0 Å². The number of rotatable bonds is 7. The molecule has 156 valence electrons. The van der Waals surface area contributed by atoms with E-state index in [2.05, 4.69) is 10.4 Å². The molecule has 1 aliphatic heterocycles. The first-order valence-corrected chi connectivity index (χ1v) is 9.34. The minimum absolute atomic E-state index is 0.112. The quantitative estimate of drug-likeness (QED) is 0.765. The monoisotopic (exact) mass is 402 g/mol. The number of aromatic nitrogens is 2. The van der Waals surface area contributed by atoms with Crippen molar-refractivity contribution in [1.82, 2.24) is 9.78 Å². The van der Waals surface area contributed by atoms with E-state index in [0.29, 0.717) is 28.8 Å². The SMILES string of the molecule is COc1cc(N2CC(C(=O)Nc3ccnn3C(C)C)CC2=O)cc(OC)c1OC. The van der Waals surface area contributed by atoms with Gasteiger partial charge in [0, 0.05) is 37.2 Å². The number of hydrogen-bond acceptors (Lipinski definition) is 6. The van der Waals surface area contributed by atoms with Crippen molar-refractivity contribution in [2.75, 3.05) is 38.1 Å². The van der Waals surface area contributed by atoms with Crippen molar-refractivity contribution in [3.63, 3.8) is 0 Å². The van der Waals surface area contributed by atoms with Crippen LogP contribution in [0.1, 0.15) is 26.3 Å². The first-order valence-electron chi connectivity index (χ1n) is 9.34. The molecule has 1 N–H and O–H groups in total. The predicted molar refractivity (Wildman–Crippen MR) is 108 cm³/mol. The summed E-state index contributed by atoms with van der Waals surface area (Å²) in [5.74, 6) is 1.13. The molecule has 1 unspecified atom stereocenters. The molecule has 2 amide bonds. The molecule has 1 atom stereocenters. The van der Waals surface area contributed by atoms with Gasteiger partial charge >= 0.3 is 0 Å². The molecule has 2 aromatic rings. The third kappa shape index (κ3) is 3.98. The summed E-state index contributed by atoms with van der Waals surface area (Å²) >= 11 is 0. The van der Waals surface area contributed by atoms with Gasteiger partial charge in [0.2, 0.25) is 17.6 Å². The maximum Gasteiger partial charge on any atom is 0.230 e. The van der Waals surface area contributed by atoms with Crippen LogP contribution in [0.4, 0.5) is 11.5 Å². The Balaban J connectivity index is 1.80. The van der Waals surface area contributed by atoms with Gasteiger partial charge in [-0.1, -0.05) is 0 Å². The first-order chi connectivity index (χ1) is 13.9. The summed E-state index contributed by atoms with van der Waals surface area (Å²) in [5, 5.41) is 7.10. The normalized spacial score (nSPS) is 16.3. The highest BCUT2D eigenvalue weighted by atomic mass is 16.5. The number of carbonyl (C=O) groups excluding carboxylic acids is 2. The second-order valence-corrected chi connectivity index (χ2v) is 7.03. The summed E-state index contributed by atoms with van der Waals surface area (Å²) in [5.41, 5.74) is 0.590. The molecular weight excluding hydrogens is 376 g/mol. The maximum absolute atomic E-state index is 12.8. The number of nitrogens with zero attached hydrogens (tertiary/aromatic N) is 3. The molecule has 9 nitrogen and oxygen atoms in total. The fourth-order valence-electron chi connectivity index (χ4n) is 3.41.